The molecule has 0 aromatic carbocycles. The minimum Gasteiger partial charge on any atom is -0.480 e. The lowest BCUT2D eigenvalue weighted by atomic mass is 10.0. The number of carbonyl (C=O) groups excluding carboxylic acids is 1. The van der Waals surface area contributed by atoms with Crippen LogP contribution in [0.15, 0.2) is 12.3 Å². The Morgan fingerprint density at radius 1 is 1.56 bits per heavy atom. The second kappa shape index (κ2) is 5.20. The number of hydrogen-bond acceptors (Lipinski definition) is 3. The van der Waals surface area contributed by atoms with Crippen LogP contribution in [-0.2, 0) is 11.3 Å². The number of carbonyl (C=O) groups is 2. The van der Waals surface area contributed by atoms with Crippen molar-refractivity contribution in [2.75, 3.05) is 13.1 Å². The Bertz CT molecular complexity index is 455. The third kappa shape index (κ3) is 2.88. The van der Waals surface area contributed by atoms with Gasteiger partial charge in [0.2, 0.25) is 0 Å². The summed E-state index contributed by atoms with van der Waals surface area (Å²) in [6.45, 7) is 3.42. The zero-order valence-corrected chi connectivity index (χ0v) is 10.4. The fraction of sp³-hybridized carbons (Fsp3) is 0.583. The Morgan fingerprint density at radius 2 is 2.33 bits per heavy atom. The Hall–Kier alpha value is -1.85. The summed E-state index contributed by atoms with van der Waals surface area (Å²) in [7, 11) is 0. The molecule has 2 heterocycles. The lowest BCUT2D eigenvalue weighted by molar-refractivity contribution is -0.137. The number of piperidine rings is 1. The van der Waals surface area contributed by atoms with Crippen molar-refractivity contribution in [1.82, 2.24) is 14.7 Å². The van der Waals surface area contributed by atoms with Crippen LogP contribution < -0.4 is 0 Å². The zero-order chi connectivity index (χ0) is 13.1. The fourth-order valence-electron chi connectivity index (χ4n) is 2.24. The van der Waals surface area contributed by atoms with E-state index in [1.807, 2.05) is 0 Å². The third-order valence-corrected chi connectivity index (χ3v) is 3.10. The first-order chi connectivity index (χ1) is 8.56. The molecule has 0 bridgehead atoms. The van der Waals surface area contributed by atoms with Crippen LogP contribution in [0, 0.1) is 5.92 Å². The molecule has 6 nitrogen and oxygen atoms in total. The summed E-state index contributed by atoms with van der Waals surface area (Å²) in [5.74, 6) is -0.557. The Morgan fingerprint density at radius 3 is 3.00 bits per heavy atom. The van der Waals surface area contributed by atoms with Gasteiger partial charge in [-0.15, -0.1) is 0 Å². The molecule has 2 rings (SSSR count). The molecule has 1 aliphatic rings. The molecule has 18 heavy (non-hydrogen) atoms. The number of amides is 1. The van der Waals surface area contributed by atoms with Crippen molar-refractivity contribution in [3.63, 3.8) is 0 Å². The van der Waals surface area contributed by atoms with Gasteiger partial charge in [-0.1, -0.05) is 6.92 Å². The van der Waals surface area contributed by atoms with E-state index < -0.39 is 5.97 Å². The largest absolute Gasteiger partial charge is 0.480 e. The van der Waals surface area contributed by atoms with Crippen LogP contribution in [0.5, 0.6) is 0 Å². The lowest BCUT2D eigenvalue weighted by Gasteiger charge is -2.30. The van der Waals surface area contributed by atoms with Crippen LogP contribution in [0.4, 0.5) is 0 Å². The summed E-state index contributed by atoms with van der Waals surface area (Å²) in [5, 5.41) is 12.6. The number of carboxylic acid groups (broad SMARTS) is 1. The summed E-state index contributed by atoms with van der Waals surface area (Å²) in [5.41, 5.74) is 0.324. The molecule has 0 aliphatic carbocycles. The van der Waals surface area contributed by atoms with Gasteiger partial charge < -0.3 is 10.0 Å². The van der Waals surface area contributed by atoms with E-state index in [2.05, 4.69) is 12.0 Å². The van der Waals surface area contributed by atoms with Gasteiger partial charge in [-0.3, -0.25) is 14.3 Å². The predicted octanol–water partition coefficient (Wildman–Crippen LogP) is 0.840. The molecule has 1 aromatic heterocycles. The molecule has 0 saturated carbocycles. The summed E-state index contributed by atoms with van der Waals surface area (Å²) in [6, 6.07) is 1.57. The normalized spacial score (nSPS) is 19.8. The van der Waals surface area contributed by atoms with Crippen molar-refractivity contribution >= 4 is 11.9 Å². The minimum atomic E-state index is -0.969. The maximum Gasteiger partial charge on any atom is 0.325 e. The van der Waals surface area contributed by atoms with E-state index in [-0.39, 0.29) is 12.5 Å². The fourth-order valence-corrected chi connectivity index (χ4v) is 2.24. The first-order valence-corrected chi connectivity index (χ1v) is 6.11. The van der Waals surface area contributed by atoms with Crippen LogP contribution in [0.1, 0.15) is 30.3 Å². The molecule has 1 saturated heterocycles. The van der Waals surface area contributed by atoms with E-state index in [0.29, 0.717) is 11.6 Å². The van der Waals surface area contributed by atoms with Crippen molar-refractivity contribution in [1.29, 1.82) is 0 Å². The number of aromatic nitrogens is 2. The van der Waals surface area contributed by atoms with Gasteiger partial charge in [0.05, 0.1) is 0 Å². The number of rotatable bonds is 3. The van der Waals surface area contributed by atoms with E-state index in [9.17, 15) is 9.59 Å². The smallest absolute Gasteiger partial charge is 0.325 e. The maximum atomic E-state index is 12.1. The number of nitrogens with zero attached hydrogens (tertiary/aromatic N) is 3. The molecular weight excluding hydrogens is 234 g/mol. The van der Waals surface area contributed by atoms with E-state index in [1.54, 1.807) is 11.0 Å². The van der Waals surface area contributed by atoms with Crippen molar-refractivity contribution in [2.24, 2.45) is 5.92 Å². The van der Waals surface area contributed by atoms with Gasteiger partial charge in [0.15, 0.2) is 0 Å². The van der Waals surface area contributed by atoms with E-state index in [4.69, 9.17) is 5.11 Å². The van der Waals surface area contributed by atoms with Gasteiger partial charge in [0, 0.05) is 19.3 Å². The first-order valence-electron chi connectivity index (χ1n) is 6.11. The van der Waals surface area contributed by atoms with E-state index in [0.717, 1.165) is 25.9 Å². The molecule has 98 valence electrons. The molecule has 0 radical (unpaired) electrons. The van der Waals surface area contributed by atoms with Gasteiger partial charge in [-0.2, -0.15) is 5.10 Å². The molecule has 1 atom stereocenters. The molecule has 1 amide bonds. The van der Waals surface area contributed by atoms with E-state index >= 15 is 0 Å². The Labute approximate surface area is 105 Å². The standard InChI is InChI=1S/C12H17N3O3/c1-9-3-2-5-14(7-9)12(18)10-4-6-15(13-10)8-11(16)17/h4,6,9H,2-3,5,7-8H2,1H3,(H,16,17). The van der Waals surface area contributed by atoms with Gasteiger partial charge in [-0.25, -0.2) is 0 Å². The number of aliphatic carboxylic acids is 1. The number of likely N-dealkylation sites (tertiary alicyclic amines) is 1. The molecule has 1 fully saturated rings. The van der Waals surface area contributed by atoms with Crippen molar-refractivity contribution in [3.8, 4) is 0 Å². The van der Waals surface area contributed by atoms with Gasteiger partial charge in [0.25, 0.3) is 5.91 Å². The third-order valence-electron chi connectivity index (χ3n) is 3.10. The molecule has 1 N–H and O–H groups in total. The Kier molecular flexibility index (Phi) is 3.64. The average Bonchev–Trinajstić information content (AvgIpc) is 2.75. The zero-order valence-electron chi connectivity index (χ0n) is 10.4. The molecule has 0 spiro atoms. The summed E-state index contributed by atoms with van der Waals surface area (Å²) < 4.78 is 1.27. The lowest BCUT2D eigenvalue weighted by Crippen LogP contribution is -2.39. The van der Waals surface area contributed by atoms with Crippen molar-refractivity contribution in [3.05, 3.63) is 18.0 Å². The highest BCUT2D eigenvalue weighted by Crippen LogP contribution is 2.17. The first kappa shape index (κ1) is 12.6. The van der Waals surface area contributed by atoms with Crippen molar-refractivity contribution in [2.45, 2.75) is 26.3 Å². The maximum absolute atomic E-state index is 12.1. The second-order valence-corrected chi connectivity index (χ2v) is 4.79. The van der Waals surface area contributed by atoms with E-state index in [1.165, 1.54) is 10.9 Å². The SMILES string of the molecule is CC1CCCN(C(=O)c2ccn(CC(=O)O)n2)C1. The topological polar surface area (TPSA) is 75.4 Å². The summed E-state index contributed by atoms with van der Waals surface area (Å²) in [6.07, 6.45) is 3.69. The van der Waals surface area contributed by atoms with Crippen LogP contribution in [-0.4, -0.2) is 44.8 Å². The highest BCUT2D eigenvalue weighted by Gasteiger charge is 2.23. The molecule has 1 aromatic rings. The quantitative estimate of drug-likeness (QED) is 0.863. The van der Waals surface area contributed by atoms with Crippen LogP contribution in [0.25, 0.3) is 0 Å². The summed E-state index contributed by atoms with van der Waals surface area (Å²) >= 11 is 0. The van der Waals surface area contributed by atoms with Crippen LogP contribution in [0.3, 0.4) is 0 Å². The number of carboxylic acids is 1. The van der Waals surface area contributed by atoms with Gasteiger partial charge >= 0.3 is 5.97 Å². The second-order valence-electron chi connectivity index (χ2n) is 4.79. The highest BCUT2D eigenvalue weighted by molar-refractivity contribution is 5.92. The molecular formula is C12H17N3O3. The number of hydrogen-bond donors (Lipinski definition) is 1. The minimum absolute atomic E-state index is 0.106. The predicted molar refractivity (Wildman–Crippen MR) is 64.2 cm³/mol. The average molecular weight is 251 g/mol. The molecule has 6 heteroatoms. The van der Waals surface area contributed by atoms with Crippen LogP contribution in [0.2, 0.25) is 0 Å². The van der Waals surface area contributed by atoms with Crippen LogP contribution >= 0.6 is 0 Å². The highest BCUT2D eigenvalue weighted by atomic mass is 16.4. The molecule has 1 unspecified atom stereocenters. The molecule has 1 aliphatic heterocycles. The Balaban J connectivity index is 2.04. The van der Waals surface area contributed by atoms with Gasteiger partial charge in [-0.05, 0) is 24.8 Å². The van der Waals surface area contributed by atoms with Crippen molar-refractivity contribution < 1.29 is 14.7 Å². The summed E-state index contributed by atoms with van der Waals surface area (Å²) in [4.78, 5) is 24.5. The monoisotopic (exact) mass is 251 g/mol. The van der Waals surface area contributed by atoms with Gasteiger partial charge in [0.1, 0.15) is 12.2 Å².